The van der Waals surface area contributed by atoms with Crippen molar-refractivity contribution in [3.63, 3.8) is 0 Å². The molecule has 0 radical (unpaired) electrons. The highest BCUT2D eigenvalue weighted by Crippen LogP contribution is 2.29. The Morgan fingerprint density at radius 2 is 2.06 bits per heavy atom. The Bertz CT molecular complexity index is 1440. The molecule has 0 aliphatic heterocycles. The van der Waals surface area contributed by atoms with Crippen LogP contribution in [0.4, 0.5) is 11.4 Å². The third-order valence-corrected chi connectivity index (χ3v) is 6.13. The van der Waals surface area contributed by atoms with Crippen LogP contribution in [0.2, 0.25) is 0 Å². The number of aryl methyl sites for hydroxylation is 1. The molecule has 1 amide bonds. The molecule has 0 unspecified atom stereocenters. The summed E-state index contributed by atoms with van der Waals surface area (Å²) in [5.41, 5.74) is 2.41. The average Bonchev–Trinajstić information content (AvgIpc) is 3.31. The zero-order valence-electron chi connectivity index (χ0n) is 19.5. The Balaban J connectivity index is 1.54. The van der Waals surface area contributed by atoms with Crippen molar-refractivity contribution in [2.45, 2.75) is 32.8 Å². The highest BCUT2D eigenvalue weighted by atomic mass is 32.1. The second-order valence-corrected chi connectivity index (χ2v) is 9.55. The number of amides is 1. The predicted molar refractivity (Wildman–Crippen MR) is 137 cm³/mol. The average molecular weight is 492 g/mol. The minimum atomic E-state index is -0.828. The summed E-state index contributed by atoms with van der Waals surface area (Å²) in [6, 6.07) is 7.12. The Kier molecular flexibility index (Phi) is 6.99. The van der Waals surface area contributed by atoms with Crippen LogP contribution in [0.5, 0.6) is 0 Å². The Morgan fingerprint density at radius 1 is 1.29 bits per heavy atom. The highest BCUT2D eigenvalue weighted by Gasteiger charge is 2.14. The van der Waals surface area contributed by atoms with E-state index in [1.54, 1.807) is 45.3 Å². The van der Waals surface area contributed by atoms with Gasteiger partial charge in [0.15, 0.2) is 0 Å². The number of aromatic amines is 1. The van der Waals surface area contributed by atoms with Gasteiger partial charge in [-0.1, -0.05) is 0 Å². The number of hydrogen-bond acceptors (Lipinski definition) is 9. The molecule has 0 spiro atoms. The van der Waals surface area contributed by atoms with E-state index in [0.29, 0.717) is 51.0 Å². The standard InChI is InChI=1S/C24H25N7O3S/c1-14-21(32)31-19-11-17(16(10-18(19)30-14)26-9-6-24(2,3)34)28-13-29-22(33)20-12-27-23(35-20)15-4-7-25-8-5-15/h4-5,7-8,10-13,26,34H,6,9H2,1-3H3,(H,31,32)(H,28,29,33). The molecule has 0 fully saturated rings. The first kappa shape index (κ1) is 24.2. The van der Waals surface area contributed by atoms with Gasteiger partial charge in [0.2, 0.25) is 0 Å². The topological polar surface area (TPSA) is 145 Å². The largest absolute Gasteiger partial charge is 0.390 e. The van der Waals surface area contributed by atoms with Crippen molar-refractivity contribution in [3.05, 3.63) is 63.8 Å². The van der Waals surface area contributed by atoms with Crippen molar-refractivity contribution in [2.75, 3.05) is 11.9 Å². The molecule has 180 valence electrons. The van der Waals surface area contributed by atoms with Gasteiger partial charge in [-0.25, -0.2) is 15.0 Å². The van der Waals surface area contributed by atoms with Crippen molar-refractivity contribution < 1.29 is 9.90 Å². The number of H-pyrrole nitrogens is 1. The monoisotopic (exact) mass is 491 g/mol. The minimum absolute atomic E-state index is 0.279. The van der Waals surface area contributed by atoms with Crippen LogP contribution >= 0.6 is 11.3 Å². The Hall–Kier alpha value is -3.96. The van der Waals surface area contributed by atoms with Crippen molar-refractivity contribution in [1.82, 2.24) is 25.3 Å². The van der Waals surface area contributed by atoms with Gasteiger partial charge < -0.3 is 20.7 Å². The third kappa shape index (κ3) is 6.14. The normalized spacial score (nSPS) is 11.8. The van der Waals surface area contributed by atoms with Gasteiger partial charge in [-0.3, -0.25) is 14.6 Å². The zero-order valence-corrected chi connectivity index (χ0v) is 20.3. The third-order valence-electron chi connectivity index (χ3n) is 5.09. The summed E-state index contributed by atoms with van der Waals surface area (Å²) in [4.78, 5) is 44.9. The fourth-order valence-corrected chi connectivity index (χ4v) is 4.03. The summed E-state index contributed by atoms with van der Waals surface area (Å²) < 4.78 is 0. The second kappa shape index (κ2) is 10.1. The van der Waals surface area contributed by atoms with E-state index in [-0.39, 0.29) is 11.5 Å². The quantitative estimate of drug-likeness (QED) is 0.218. The number of carbonyl (C=O) groups is 1. The van der Waals surface area contributed by atoms with Crippen LogP contribution in [-0.2, 0) is 0 Å². The number of thiazole rings is 1. The van der Waals surface area contributed by atoms with E-state index in [4.69, 9.17) is 0 Å². The van der Waals surface area contributed by atoms with Gasteiger partial charge in [-0.05, 0) is 51.5 Å². The van der Waals surface area contributed by atoms with Gasteiger partial charge in [-0.15, -0.1) is 11.3 Å². The number of fused-ring (bicyclic) bond motifs is 1. The lowest BCUT2D eigenvalue weighted by Crippen LogP contribution is -2.22. The summed E-state index contributed by atoms with van der Waals surface area (Å²) in [6.45, 7) is 5.60. The van der Waals surface area contributed by atoms with E-state index in [9.17, 15) is 14.7 Å². The number of anilines is 1. The van der Waals surface area contributed by atoms with Crippen LogP contribution in [0.3, 0.4) is 0 Å². The highest BCUT2D eigenvalue weighted by molar-refractivity contribution is 7.16. The molecule has 11 heteroatoms. The smallest absolute Gasteiger partial charge is 0.269 e. The number of aliphatic hydroxyl groups is 1. The molecule has 3 heterocycles. The lowest BCUT2D eigenvalue weighted by atomic mass is 10.1. The molecule has 10 nitrogen and oxygen atoms in total. The number of nitrogens with one attached hydrogen (secondary N) is 3. The first-order valence-corrected chi connectivity index (χ1v) is 11.7. The maximum atomic E-state index is 12.6. The number of benzene rings is 1. The summed E-state index contributed by atoms with van der Waals surface area (Å²) in [7, 11) is 0. The fourth-order valence-electron chi connectivity index (χ4n) is 3.20. The number of aromatic nitrogens is 4. The molecule has 35 heavy (non-hydrogen) atoms. The number of rotatable bonds is 8. The van der Waals surface area contributed by atoms with Gasteiger partial charge in [0.05, 0.1) is 40.5 Å². The van der Waals surface area contributed by atoms with Crippen LogP contribution < -0.4 is 16.2 Å². The Labute approximate surface area is 205 Å². The van der Waals surface area contributed by atoms with Crippen LogP contribution in [-0.4, -0.2) is 49.4 Å². The number of nitrogens with zero attached hydrogens (tertiary/aromatic N) is 4. The molecule has 4 aromatic rings. The zero-order chi connectivity index (χ0) is 25.0. The number of hydrogen-bond donors (Lipinski definition) is 4. The molecule has 0 atom stereocenters. The van der Waals surface area contributed by atoms with Gasteiger partial charge >= 0.3 is 0 Å². The van der Waals surface area contributed by atoms with Gasteiger partial charge in [0.1, 0.15) is 15.6 Å². The number of carbonyl (C=O) groups excluding carboxylic acids is 1. The summed E-state index contributed by atoms with van der Waals surface area (Å²) in [6.07, 6.45) is 6.67. The van der Waals surface area contributed by atoms with Gasteiger partial charge in [0, 0.05) is 24.5 Å². The minimum Gasteiger partial charge on any atom is -0.390 e. The second-order valence-electron chi connectivity index (χ2n) is 8.52. The fraction of sp³-hybridized carbons (Fsp3) is 0.250. The van der Waals surface area contributed by atoms with Crippen molar-refractivity contribution in [2.24, 2.45) is 4.99 Å². The van der Waals surface area contributed by atoms with Crippen LogP contribution in [0.25, 0.3) is 21.6 Å². The number of pyridine rings is 1. The lowest BCUT2D eigenvalue weighted by molar-refractivity contribution is 0.0748. The lowest BCUT2D eigenvalue weighted by Gasteiger charge is -2.18. The predicted octanol–water partition coefficient (Wildman–Crippen LogP) is 3.41. The van der Waals surface area contributed by atoms with Crippen LogP contribution in [0.15, 0.2) is 52.6 Å². The maximum Gasteiger partial charge on any atom is 0.269 e. The number of aliphatic imine (C=N–C) groups is 1. The molecule has 0 saturated carbocycles. The molecule has 1 aromatic carbocycles. The SMILES string of the molecule is Cc1nc2cc(NCCC(C)(C)O)c(N=CNC(=O)c3cnc(-c4ccncc4)s3)cc2[nH]c1=O. The van der Waals surface area contributed by atoms with Gasteiger partial charge in [-0.2, -0.15) is 0 Å². The summed E-state index contributed by atoms with van der Waals surface area (Å²) >= 11 is 1.27. The summed E-state index contributed by atoms with van der Waals surface area (Å²) in [5, 5.41) is 16.6. The molecule has 3 aromatic heterocycles. The van der Waals surface area contributed by atoms with Crippen molar-refractivity contribution in [3.8, 4) is 10.6 Å². The molecular weight excluding hydrogens is 466 g/mol. The maximum absolute atomic E-state index is 12.6. The molecule has 0 aliphatic carbocycles. The van der Waals surface area contributed by atoms with E-state index in [1.807, 2.05) is 12.1 Å². The van der Waals surface area contributed by atoms with Crippen molar-refractivity contribution in [1.29, 1.82) is 0 Å². The first-order chi connectivity index (χ1) is 16.7. The van der Waals surface area contributed by atoms with Crippen LogP contribution in [0.1, 0.15) is 35.6 Å². The van der Waals surface area contributed by atoms with E-state index < -0.39 is 5.60 Å². The molecule has 0 bridgehead atoms. The van der Waals surface area contributed by atoms with Crippen molar-refractivity contribution >= 4 is 46.0 Å². The molecule has 4 rings (SSSR count). The van der Waals surface area contributed by atoms with Gasteiger partial charge in [0.25, 0.3) is 11.5 Å². The molecular formula is C24H25N7O3S. The van der Waals surface area contributed by atoms with E-state index in [1.165, 1.54) is 23.9 Å². The van der Waals surface area contributed by atoms with E-state index in [2.05, 4.69) is 35.6 Å². The molecule has 4 N–H and O–H groups in total. The first-order valence-electron chi connectivity index (χ1n) is 10.9. The van der Waals surface area contributed by atoms with E-state index >= 15 is 0 Å². The van der Waals surface area contributed by atoms with E-state index in [0.717, 1.165) is 5.56 Å². The van der Waals surface area contributed by atoms with Crippen LogP contribution in [0, 0.1) is 6.92 Å². The summed E-state index contributed by atoms with van der Waals surface area (Å²) in [5.74, 6) is -0.338. The molecule has 0 aliphatic rings. The molecule has 0 saturated heterocycles. The Morgan fingerprint density at radius 3 is 2.80 bits per heavy atom.